The molecule has 3 rings (SSSR count). The van der Waals surface area contributed by atoms with Crippen LogP contribution in [0.1, 0.15) is 16.1 Å². The maximum absolute atomic E-state index is 13.1. The van der Waals surface area contributed by atoms with Crippen molar-refractivity contribution in [2.75, 3.05) is 6.61 Å². The standard InChI is InChI=1S/C13H9FO4S/c14-8-1-2-10-7(5-8)6-11(19-10)13(16)18-9-3-4-17-12(9)15/h1-2,5-6,9H,3-4H2/t9-/m0/s1. The summed E-state index contributed by atoms with van der Waals surface area (Å²) in [6.45, 7) is 0.272. The first-order valence-corrected chi connectivity index (χ1v) is 6.52. The molecular weight excluding hydrogens is 271 g/mol. The molecule has 4 nitrogen and oxygen atoms in total. The molecule has 2 aromatic rings. The van der Waals surface area contributed by atoms with Crippen molar-refractivity contribution in [1.82, 2.24) is 0 Å². The molecular formula is C13H9FO4S. The van der Waals surface area contributed by atoms with Crippen molar-refractivity contribution in [3.63, 3.8) is 0 Å². The number of cyclic esters (lactones) is 1. The summed E-state index contributed by atoms with van der Waals surface area (Å²) in [6, 6.07) is 5.86. The van der Waals surface area contributed by atoms with Crippen molar-refractivity contribution in [2.24, 2.45) is 0 Å². The number of rotatable bonds is 2. The summed E-state index contributed by atoms with van der Waals surface area (Å²) >= 11 is 1.21. The Balaban J connectivity index is 1.83. The third kappa shape index (κ3) is 2.31. The summed E-state index contributed by atoms with van der Waals surface area (Å²) in [6.07, 6.45) is -0.446. The lowest BCUT2D eigenvalue weighted by atomic mass is 10.2. The second-order valence-electron chi connectivity index (χ2n) is 4.14. The van der Waals surface area contributed by atoms with Crippen LogP contribution in [0.15, 0.2) is 24.3 Å². The molecule has 0 radical (unpaired) electrons. The average Bonchev–Trinajstić information content (AvgIpc) is 2.96. The highest BCUT2D eigenvalue weighted by Gasteiger charge is 2.30. The number of halogens is 1. The minimum absolute atomic E-state index is 0.272. The zero-order valence-corrected chi connectivity index (χ0v) is 10.5. The Hall–Kier alpha value is -1.95. The van der Waals surface area contributed by atoms with Crippen LogP contribution in [0.4, 0.5) is 4.39 Å². The van der Waals surface area contributed by atoms with Gasteiger partial charge in [-0.15, -0.1) is 11.3 Å². The van der Waals surface area contributed by atoms with Crippen LogP contribution in [0.2, 0.25) is 0 Å². The fraction of sp³-hybridized carbons (Fsp3) is 0.231. The van der Waals surface area contributed by atoms with Gasteiger partial charge in [0.05, 0.1) is 6.61 Å². The van der Waals surface area contributed by atoms with E-state index in [1.165, 1.54) is 23.5 Å². The van der Waals surface area contributed by atoms with Crippen molar-refractivity contribution in [2.45, 2.75) is 12.5 Å². The molecule has 0 amide bonds. The molecule has 1 fully saturated rings. The Labute approximate surface area is 111 Å². The fourth-order valence-corrected chi connectivity index (χ4v) is 2.81. The van der Waals surface area contributed by atoms with Crippen LogP contribution < -0.4 is 0 Å². The van der Waals surface area contributed by atoms with Gasteiger partial charge in [-0.3, -0.25) is 0 Å². The first-order chi connectivity index (χ1) is 9.13. The van der Waals surface area contributed by atoms with Crippen LogP contribution in [-0.4, -0.2) is 24.6 Å². The van der Waals surface area contributed by atoms with E-state index in [2.05, 4.69) is 0 Å². The van der Waals surface area contributed by atoms with E-state index < -0.39 is 18.0 Å². The van der Waals surface area contributed by atoms with Gasteiger partial charge in [-0.1, -0.05) is 0 Å². The molecule has 6 heteroatoms. The monoisotopic (exact) mass is 280 g/mol. The lowest BCUT2D eigenvalue weighted by Gasteiger charge is -2.06. The van der Waals surface area contributed by atoms with Gasteiger partial charge in [0.2, 0.25) is 6.10 Å². The van der Waals surface area contributed by atoms with Crippen molar-refractivity contribution in [1.29, 1.82) is 0 Å². The first-order valence-electron chi connectivity index (χ1n) is 5.70. The minimum Gasteiger partial charge on any atom is -0.463 e. The third-order valence-corrected chi connectivity index (χ3v) is 3.91. The maximum Gasteiger partial charge on any atom is 0.349 e. The van der Waals surface area contributed by atoms with E-state index in [1.54, 1.807) is 12.1 Å². The molecule has 0 bridgehead atoms. The van der Waals surface area contributed by atoms with Crippen LogP contribution in [0, 0.1) is 5.82 Å². The minimum atomic E-state index is -0.825. The molecule has 2 heterocycles. The molecule has 0 aliphatic carbocycles. The molecule has 1 saturated heterocycles. The van der Waals surface area contributed by atoms with Gasteiger partial charge in [0, 0.05) is 11.1 Å². The summed E-state index contributed by atoms with van der Waals surface area (Å²) in [7, 11) is 0. The molecule has 0 unspecified atom stereocenters. The summed E-state index contributed by atoms with van der Waals surface area (Å²) < 4.78 is 23.6. The predicted molar refractivity (Wildman–Crippen MR) is 66.6 cm³/mol. The molecule has 1 aromatic carbocycles. The van der Waals surface area contributed by atoms with Crippen molar-refractivity contribution < 1.29 is 23.5 Å². The van der Waals surface area contributed by atoms with Crippen molar-refractivity contribution >= 4 is 33.4 Å². The van der Waals surface area contributed by atoms with E-state index in [0.29, 0.717) is 16.7 Å². The third-order valence-electron chi connectivity index (χ3n) is 2.82. The maximum atomic E-state index is 13.1. The summed E-state index contributed by atoms with van der Waals surface area (Å²) in [5.74, 6) is -1.45. The number of esters is 2. The molecule has 0 saturated carbocycles. The molecule has 1 aliphatic rings. The van der Waals surface area contributed by atoms with Crippen molar-refractivity contribution in [3.05, 3.63) is 35.0 Å². The smallest absolute Gasteiger partial charge is 0.349 e. The van der Waals surface area contributed by atoms with Crippen LogP contribution >= 0.6 is 11.3 Å². The molecule has 19 heavy (non-hydrogen) atoms. The normalized spacial score (nSPS) is 18.6. The number of carbonyl (C=O) groups is 2. The van der Waals surface area contributed by atoms with E-state index in [1.807, 2.05) is 0 Å². The highest BCUT2D eigenvalue weighted by molar-refractivity contribution is 7.20. The van der Waals surface area contributed by atoms with Gasteiger partial charge < -0.3 is 9.47 Å². The Bertz CT molecular complexity index is 664. The summed E-state index contributed by atoms with van der Waals surface area (Å²) in [5, 5.41) is 0.644. The Morgan fingerprint density at radius 1 is 1.42 bits per heavy atom. The second-order valence-corrected chi connectivity index (χ2v) is 5.23. The molecule has 0 N–H and O–H groups in total. The number of hydrogen-bond donors (Lipinski definition) is 0. The van der Waals surface area contributed by atoms with Gasteiger partial charge in [-0.2, -0.15) is 0 Å². The quantitative estimate of drug-likeness (QED) is 0.793. The lowest BCUT2D eigenvalue weighted by Crippen LogP contribution is -2.22. The average molecular weight is 280 g/mol. The second kappa shape index (κ2) is 4.62. The van der Waals surface area contributed by atoms with Gasteiger partial charge in [-0.25, -0.2) is 14.0 Å². The van der Waals surface area contributed by atoms with Crippen LogP contribution in [0.25, 0.3) is 10.1 Å². The van der Waals surface area contributed by atoms with E-state index in [4.69, 9.17) is 9.47 Å². The largest absolute Gasteiger partial charge is 0.463 e. The summed E-state index contributed by atoms with van der Waals surface area (Å²) in [5.41, 5.74) is 0. The van der Waals surface area contributed by atoms with E-state index in [0.717, 1.165) is 4.70 Å². The van der Waals surface area contributed by atoms with Gasteiger partial charge in [0.1, 0.15) is 10.7 Å². The first kappa shape index (κ1) is 12.1. The van der Waals surface area contributed by atoms with E-state index in [-0.39, 0.29) is 12.4 Å². The predicted octanol–water partition coefficient (Wildman–Crippen LogP) is 2.51. The molecule has 1 atom stereocenters. The molecule has 1 aromatic heterocycles. The fourth-order valence-electron chi connectivity index (χ4n) is 1.89. The van der Waals surface area contributed by atoms with E-state index >= 15 is 0 Å². The SMILES string of the molecule is O=C(O[C@H]1CCOC1=O)c1cc2cc(F)ccc2s1. The number of ether oxygens (including phenoxy) is 2. The number of carbonyl (C=O) groups excluding carboxylic acids is 2. The number of thiophene rings is 1. The van der Waals surface area contributed by atoms with E-state index in [9.17, 15) is 14.0 Å². The van der Waals surface area contributed by atoms with Gasteiger partial charge in [0.25, 0.3) is 0 Å². The highest BCUT2D eigenvalue weighted by Crippen LogP contribution is 2.27. The van der Waals surface area contributed by atoms with Crippen LogP contribution in [0.5, 0.6) is 0 Å². The lowest BCUT2D eigenvalue weighted by molar-refractivity contribution is -0.145. The summed E-state index contributed by atoms with van der Waals surface area (Å²) in [4.78, 5) is 23.4. The van der Waals surface area contributed by atoms with Crippen molar-refractivity contribution in [3.8, 4) is 0 Å². The number of benzene rings is 1. The Morgan fingerprint density at radius 2 is 2.26 bits per heavy atom. The zero-order chi connectivity index (χ0) is 13.4. The molecule has 0 spiro atoms. The zero-order valence-electron chi connectivity index (χ0n) is 9.72. The van der Waals surface area contributed by atoms with Gasteiger partial charge in [-0.05, 0) is 29.7 Å². The van der Waals surface area contributed by atoms with Crippen LogP contribution in [0.3, 0.4) is 0 Å². The Kier molecular flexibility index (Phi) is 2.94. The highest BCUT2D eigenvalue weighted by atomic mass is 32.1. The van der Waals surface area contributed by atoms with Gasteiger partial charge in [0.15, 0.2) is 0 Å². The topological polar surface area (TPSA) is 52.6 Å². The van der Waals surface area contributed by atoms with Gasteiger partial charge >= 0.3 is 11.9 Å². The number of fused-ring (bicyclic) bond motifs is 1. The Morgan fingerprint density at radius 3 is 3.00 bits per heavy atom. The molecule has 1 aliphatic heterocycles. The van der Waals surface area contributed by atoms with Crippen LogP contribution in [-0.2, 0) is 14.3 Å². The number of hydrogen-bond acceptors (Lipinski definition) is 5. The molecule has 98 valence electrons.